The number of hydrogen-bond acceptors (Lipinski definition) is 3. The molecule has 1 amide bonds. The summed E-state index contributed by atoms with van der Waals surface area (Å²) in [4.78, 5) is 15.5. The fourth-order valence-corrected chi connectivity index (χ4v) is 2.99. The molecule has 0 spiro atoms. The summed E-state index contributed by atoms with van der Waals surface area (Å²) in [6.45, 7) is 7.70. The predicted molar refractivity (Wildman–Crippen MR) is 76.2 cm³/mol. The first-order valence-corrected chi connectivity index (χ1v) is 7.32. The number of amides is 1. The average Bonchev–Trinajstić information content (AvgIpc) is 2.39. The smallest absolute Gasteiger partial charge is 0.255 e. The van der Waals surface area contributed by atoms with E-state index in [-0.39, 0.29) is 5.91 Å². The molecule has 1 heterocycles. The molecule has 1 aromatic carbocycles. The van der Waals surface area contributed by atoms with Crippen LogP contribution in [0.4, 0.5) is 0 Å². The number of carbonyl (C=O) groups excluding carboxylic acids is 1. The number of rotatable bonds is 3. The van der Waals surface area contributed by atoms with Gasteiger partial charge in [0.1, 0.15) is 0 Å². The summed E-state index contributed by atoms with van der Waals surface area (Å²) < 4.78 is 0. The second-order valence-electron chi connectivity index (χ2n) is 4.70. The van der Waals surface area contributed by atoms with E-state index in [0.29, 0.717) is 5.25 Å². The highest BCUT2D eigenvalue weighted by molar-refractivity contribution is 8.00. The number of thioether (sulfide) groups is 1. The normalized spacial score (nSPS) is 16.1. The quantitative estimate of drug-likeness (QED) is 0.850. The van der Waals surface area contributed by atoms with Gasteiger partial charge in [0.2, 0.25) is 0 Å². The van der Waals surface area contributed by atoms with Gasteiger partial charge in [-0.05, 0) is 12.1 Å². The van der Waals surface area contributed by atoms with Crippen molar-refractivity contribution in [2.24, 2.45) is 0 Å². The van der Waals surface area contributed by atoms with Crippen LogP contribution in [0.5, 0.6) is 0 Å². The van der Waals surface area contributed by atoms with E-state index < -0.39 is 0 Å². The van der Waals surface area contributed by atoms with Crippen molar-refractivity contribution in [3.8, 4) is 0 Å². The van der Waals surface area contributed by atoms with Crippen LogP contribution in [-0.4, -0.2) is 42.2 Å². The van der Waals surface area contributed by atoms with E-state index in [4.69, 9.17) is 0 Å². The molecule has 0 atom stereocenters. The molecule has 0 aromatic heterocycles. The first-order chi connectivity index (χ1) is 8.68. The fraction of sp³-hybridized carbons (Fsp3) is 0.500. The number of nitrogens with zero attached hydrogens (tertiary/aromatic N) is 1. The summed E-state index contributed by atoms with van der Waals surface area (Å²) in [5, 5.41) is 3.76. The van der Waals surface area contributed by atoms with E-state index in [0.717, 1.165) is 36.6 Å². The maximum absolute atomic E-state index is 12.5. The van der Waals surface area contributed by atoms with Crippen molar-refractivity contribution in [2.75, 3.05) is 26.2 Å². The zero-order valence-corrected chi connectivity index (χ0v) is 11.8. The van der Waals surface area contributed by atoms with Crippen LogP contribution in [0, 0.1) is 0 Å². The second kappa shape index (κ2) is 6.25. The molecule has 1 fully saturated rings. The number of carbonyl (C=O) groups is 1. The van der Waals surface area contributed by atoms with Gasteiger partial charge in [-0.15, -0.1) is 11.8 Å². The van der Waals surface area contributed by atoms with Crippen LogP contribution in [0.25, 0.3) is 0 Å². The van der Waals surface area contributed by atoms with Crippen molar-refractivity contribution >= 4 is 17.7 Å². The van der Waals surface area contributed by atoms with Gasteiger partial charge in [-0.1, -0.05) is 26.0 Å². The summed E-state index contributed by atoms with van der Waals surface area (Å²) in [6, 6.07) is 7.92. The van der Waals surface area contributed by atoms with E-state index in [1.54, 1.807) is 11.8 Å². The molecule has 0 aliphatic carbocycles. The van der Waals surface area contributed by atoms with Crippen LogP contribution in [0.1, 0.15) is 24.2 Å². The van der Waals surface area contributed by atoms with E-state index in [1.165, 1.54) is 0 Å². The molecule has 1 saturated heterocycles. The Morgan fingerprint density at radius 2 is 1.94 bits per heavy atom. The van der Waals surface area contributed by atoms with Crippen molar-refractivity contribution in [3.05, 3.63) is 29.8 Å². The molecule has 0 saturated carbocycles. The molecule has 1 aliphatic heterocycles. The lowest BCUT2D eigenvalue weighted by molar-refractivity contribution is 0.0732. The molecular weight excluding hydrogens is 244 g/mol. The van der Waals surface area contributed by atoms with Crippen LogP contribution < -0.4 is 5.32 Å². The van der Waals surface area contributed by atoms with Crippen molar-refractivity contribution in [1.29, 1.82) is 0 Å². The lowest BCUT2D eigenvalue weighted by atomic mass is 10.2. The highest BCUT2D eigenvalue weighted by atomic mass is 32.2. The van der Waals surface area contributed by atoms with Gasteiger partial charge in [-0.3, -0.25) is 4.79 Å². The Labute approximate surface area is 113 Å². The highest BCUT2D eigenvalue weighted by Gasteiger charge is 2.20. The maximum Gasteiger partial charge on any atom is 0.255 e. The molecule has 0 unspecified atom stereocenters. The van der Waals surface area contributed by atoms with Gasteiger partial charge < -0.3 is 10.2 Å². The standard InChI is InChI=1S/C14H20N2OS/c1-11(2)18-13-6-4-3-5-12(13)14(17)16-9-7-15-8-10-16/h3-6,11,15H,7-10H2,1-2H3. The van der Waals surface area contributed by atoms with Crippen LogP contribution in [0.2, 0.25) is 0 Å². The molecule has 1 aromatic rings. The lowest BCUT2D eigenvalue weighted by Crippen LogP contribution is -2.46. The summed E-state index contributed by atoms with van der Waals surface area (Å²) in [5.41, 5.74) is 0.845. The van der Waals surface area contributed by atoms with Crippen LogP contribution in [0.15, 0.2) is 29.2 Å². The number of benzene rings is 1. The van der Waals surface area contributed by atoms with Crippen LogP contribution in [-0.2, 0) is 0 Å². The van der Waals surface area contributed by atoms with E-state index in [2.05, 4.69) is 19.2 Å². The molecule has 18 heavy (non-hydrogen) atoms. The van der Waals surface area contributed by atoms with Crippen molar-refractivity contribution in [1.82, 2.24) is 10.2 Å². The Bertz CT molecular complexity index is 414. The molecule has 1 N–H and O–H groups in total. The van der Waals surface area contributed by atoms with Crippen molar-refractivity contribution in [3.63, 3.8) is 0 Å². The summed E-state index contributed by atoms with van der Waals surface area (Å²) in [7, 11) is 0. The zero-order chi connectivity index (χ0) is 13.0. The molecule has 4 heteroatoms. The van der Waals surface area contributed by atoms with Gasteiger partial charge in [0.15, 0.2) is 0 Å². The molecule has 3 nitrogen and oxygen atoms in total. The highest BCUT2D eigenvalue weighted by Crippen LogP contribution is 2.27. The third-order valence-corrected chi connectivity index (χ3v) is 3.97. The van der Waals surface area contributed by atoms with Crippen molar-refractivity contribution < 1.29 is 4.79 Å². The van der Waals surface area contributed by atoms with Gasteiger partial charge in [0, 0.05) is 36.3 Å². The van der Waals surface area contributed by atoms with E-state index in [1.807, 2.05) is 29.2 Å². The number of piperazine rings is 1. The Hall–Kier alpha value is -1.00. The Kier molecular flexibility index (Phi) is 4.66. The van der Waals surface area contributed by atoms with E-state index >= 15 is 0 Å². The predicted octanol–water partition coefficient (Wildman–Crippen LogP) is 2.23. The van der Waals surface area contributed by atoms with Gasteiger partial charge in [0.05, 0.1) is 5.56 Å². The van der Waals surface area contributed by atoms with Gasteiger partial charge in [0.25, 0.3) is 5.91 Å². The monoisotopic (exact) mass is 264 g/mol. The summed E-state index contributed by atoms with van der Waals surface area (Å²) in [5.74, 6) is 0.167. The number of hydrogen-bond donors (Lipinski definition) is 1. The first kappa shape index (κ1) is 13.4. The molecule has 0 bridgehead atoms. The Morgan fingerprint density at radius 1 is 1.28 bits per heavy atom. The Morgan fingerprint density at radius 3 is 2.61 bits per heavy atom. The molecular formula is C14H20N2OS. The van der Waals surface area contributed by atoms with Crippen LogP contribution >= 0.6 is 11.8 Å². The molecule has 0 radical (unpaired) electrons. The molecule has 1 aliphatic rings. The maximum atomic E-state index is 12.5. The third-order valence-electron chi connectivity index (χ3n) is 2.88. The van der Waals surface area contributed by atoms with Crippen LogP contribution in [0.3, 0.4) is 0 Å². The van der Waals surface area contributed by atoms with Crippen molar-refractivity contribution in [2.45, 2.75) is 24.0 Å². The molecule has 98 valence electrons. The minimum Gasteiger partial charge on any atom is -0.336 e. The average molecular weight is 264 g/mol. The second-order valence-corrected chi connectivity index (χ2v) is 6.32. The first-order valence-electron chi connectivity index (χ1n) is 6.44. The Balaban J connectivity index is 2.18. The number of nitrogens with one attached hydrogen (secondary N) is 1. The minimum absolute atomic E-state index is 0.167. The third kappa shape index (κ3) is 3.27. The topological polar surface area (TPSA) is 32.3 Å². The zero-order valence-electron chi connectivity index (χ0n) is 11.0. The van der Waals surface area contributed by atoms with E-state index in [9.17, 15) is 4.79 Å². The van der Waals surface area contributed by atoms with Gasteiger partial charge in [-0.25, -0.2) is 0 Å². The summed E-state index contributed by atoms with van der Waals surface area (Å²) >= 11 is 1.75. The minimum atomic E-state index is 0.167. The summed E-state index contributed by atoms with van der Waals surface area (Å²) in [6.07, 6.45) is 0. The molecule has 2 rings (SSSR count). The fourth-order valence-electron chi connectivity index (χ4n) is 2.04. The van der Waals surface area contributed by atoms with Gasteiger partial charge >= 0.3 is 0 Å². The largest absolute Gasteiger partial charge is 0.336 e. The lowest BCUT2D eigenvalue weighted by Gasteiger charge is -2.28. The SMILES string of the molecule is CC(C)Sc1ccccc1C(=O)N1CCNCC1. The van der Waals surface area contributed by atoms with Gasteiger partial charge in [-0.2, -0.15) is 0 Å².